The SMILES string of the molecule is Cc1nc(N[C@@H]2C[C@@H]3CN(C(=O)CCO)C[C@@H]3C2)c2cc[nH]c2n1. The molecule has 0 radical (unpaired) electrons. The van der Waals surface area contributed by atoms with Gasteiger partial charge in [0.1, 0.15) is 17.3 Å². The van der Waals surface area contributed by atoms with Crippen LogP contribution in [0.1, 0.15) is 25.1 Å². The van der Waals surface area contributed by atoms with Gasteiger partial charge in [-0.1, -0.05) is 0 Å². The minimum absolute atomic E-state index is 0.0609. The number of fused-ring (bicyclic) bond motifs is 2. The Hall–Kier alpha value is -2.15. The molecule has 0 unspecified atom stereocenters. The molecule has 1 saturated heterocycles. The Labute approximate surface area is 140 Å². The predicted molar refractivity (Wildman–Crippen MR) is 90.5 cm³/mol. The molecule has 3 N–H and O–H groups in total. The number of carbonyl (C=O) groups is 1. The van der Waals surface area contributed by atoms with E-state index in [0.29, 0.717) is 17.9 Å². The fourth-order valence-electron chi connectivity index (χ4n) is 4.23. The van der Waals surface area contributed by atoms with E-state index in [2.05, 4.69) is 20.3 Å². The monoisotopic (exact) mass is 329 g/mol. The number of H-pyrrole nitrogens is 1. The molecule has 0 spiro atoms. The van der Waals surface area contributed by atoms with Gasteiger partial charge in [0.2, 0.25) is 5.91 Å². The van der Waals surface area contributed by atoms with Gasteiger partial charge in [-0.25, -0.2) is 9.97 Å². The lowest BCUT2D eigenvalue weighted by molar-refractivity contribution is -0.131. The van der Waals surface area contributed by atoms with Gasteiger partial charge in [0.05, 0.1) is 12.0 Å². The summed E-state index contributed by atoms with van der Waals surface area (Å²) in [7, 11) is 0. The second-order valence-corrected chi connectivity index (χ2v) is 6.96. The summed E-state index contributed by atoms with van der Waals surface area (Å²) < 4.78 is 0. The number of nitrogens with one attached hydrogen (secondary N) is 2. The van der Waals surface area contributed by atoms with Crippen LogP contribution in [-0.4, -0.2) is 56.6 Å². The Morgan fingerprint density at radius 2 is 2.12 bits per heavy atom. The van der Waals surface area contributed by atoms with Crippen LogP contribution in [-0.2, 0) is 4.79 Å². The number of aryl methyl sites for hydroxylation is 1. The molecular weight excluding hydrogens is 306 g/mol. The molecule has 2 aliphatic rings. The summed E-state index contributed by atoms with van der Waals surface area (Å²) >= 11 is 0. The molecule has 24 heavy (non-hydrogen) atoms. The van der Waals surface area contributed by atoms with Gasteiger partial charge in [0.25, 0.3) is 0 Å². The second kappa shape index (κ2) is 6.05. The van der Waals surface area contributed by atoms with Gasteiger partial charge < -0.3 is 20.3 Å². The Kier molecular flexibility index (Phi) is 3.88. The maximum atomic E-state index is 11.9. The zero-order chi connectivity index (χ0) is 16.7. The van der Waals surface area contributed by atoms with Crippen molar-refractivity contribution in [1.82, 2.24) is 19.9 Å². The van der Waals surface area contributed by atoms with Gasteiger partial charge in [-0.2, -0.15) is 0 Å². The number of carbonyl (C=O) groups excluding carboxylic acids is 1. The third-order valence-corrected chi connectivity index (χ3v) is 5.30. The van der Waals surface area contributed by atoms with Crippen molar-refractivity contribution in [2.45, 2.75) is 32.2 Å². The molecule has 7 nitrogen and oxygen atoms in total. The quantitative estimate of drug-likeness (QED) is 0.786. The van der Waals surface area contributed by atoms with Crippen molar-refractivity contribution in [1.29, 1.82) is 0 Å². The van der Waals surface area contributed by atoms with E-state index in [-0.39, 0.29) is 18.9 Å². The average Bonchev–Trinajstić information content (AvgIpc) is 3.20. The van der Waals surface area contributed by atoms with Gasteiger partial charge >= 0.3 is 0 Å². The van der Waals surface area contributed by atoms with E-state index in [4.69, 9.17) is 5.11 Å². The average molecular weight is 329 g/mol. The topological polar surface area (TPSA) is 94.1 Å². The van der Waals surface area contributed by atoms with Gasteiger partial charge in [-0.05, 0) is 37.7 Å². The number of aromatic nitrogens is 3. The van der Waals surface area contributed by atoms with Crippen molar-refractivity contribution in [3.8, 4) is 0 Å². The molecule has 1 aliphatic heterocycles. The molecule has 1 saturated carbocycles. The van der Waals surface area contributed by atoms with Crippen LogP contribution in [0, 0.1) is 18.8 Å². The first kappa shape index (κ1) is 15.4. The fraction of sp³-hybridized carbons (Fsp3) is 0.588. The van der Waals surface area contributed by atoms with Crippen molar-refractivity contribution < 1.29 is 9.90 Å². The van der Waals surface area contributed by atoms with Crippen LogP contribution in [0.25, 0.3) is 11.0 Å². The van der Waals surface area contributed by atoms with Gasteiger partial charge in [-0.15, -0.1) is 0 Å². The summed E-state index contributed by atoms with van der Waals surface area (Å²) in [5.74, 6) is 2.84. The minimum atomic E-state index is -0.0609. The molecule has 128 valence electrons. The number of aliphatic hydroxyl groups is 1. The van der Waals surface area contributed by atoms with Crippen LogP contribution in [0.5, 0.6) is 0 Å². The summed E-state index contributed by atoms with van der Waals surface area (Å²) in [6.07, 6.45) is 4.25. The van der Waals surface area contributed by atoms with Crippen LogP contribution in [0.15, 0.2) is 12.3 Å². The fourth-order valence-corrected chi connectivity index (χ4v) is 4.23. The lowest BCUT2D eigenvalue weighted by atomic mass is 10.0. The normalized spacial score (nSPS) is 26.1. The zero-order valence-electron chi connectivity index (χ0n) is 13.8. The van der Waals surface area contributed by atoms with Gasteiger partial charge in [-0.3, -0.25) is 4.79 Å². The first-order chi connectivity index (χ1) is 11.6. The van der Waals surface area contributed by atoms with E-state index in [1.807, 2.05) is 24.1 Å². The highest BCUT2D eigenvalue weighted by molar-refractivity contribution is 5.87. The molecule has 7 heteroatoms. The maximum absolute atomic E-state index is 11.9. The Morgan fingerprint density at radius 1 is 1.38 bits per heavy atom. The number of aliphatic hydroxyl groups excluding tert-OH is 1. The van der Waals surface area contributed by atoms with E-state index in [0.717, 1.165) is 48.6 Å². The molecular formula is C17H23N5O2. The molecule has 2 aromatic heterocycles. The van der Waals surface area contributed by atoms with E-state index >= 15 is 0 Å². The highest BCUT2D eigenvalue weighted by Crippen LogP contribution is 2.39. The van der Waals surface area contributed by atoms with E-state index in [1.54, 1.807) is 0 Å². The number of anilines is 1. The Balaban J connectivity index is 1.42. The number of aromatic amines is 1. The number of amides is 1. The van der Waals surface area contributed by atoms with Crippen molar-refractivity contribution in [3.05, 3.63) is 18.1 Å². The largest absolute Gasteiger partial charge is 0.396 e. The summed E-state index contributed by atoms with van der Waals surface area (Å²) in [4.78, 5) is 26.0. The van der Waals surface area contributed by atoms with Crippen LogP contribution >= 0.6 is 0 Å². The highest BCUT2D eigenvalue weighted by atomic mass is 16.3. The maximum Gasteiger partial charge on any atom is 0.224 e. The zero-order valence-corrected chi connectivity index (χ0v) is 13.8. The number of nitrogens with zero attached hydrogens (tertiary/aromatic N) is 3. The Morgan fingerprint density at radius 3 is 2.83 bits per heavy atom. The third kappa shape index (κ3) is 2.73. The molecule has 1 amide bonds. The van der Waals surface area contributed by atoms with Crippen molar-refractivity contribution in [2.24, 2.45) is 11.8 Å². The van der Waals surface area contributed by atoms with Crippen molar-refractivity contribution in [2.75, 3.05) is 25.0 Å². The summed E-state index contributed by atoms with van der Waals surface area (Å²) in [6.45, 7) is 3.49. The molecule has 2 aromatic rings. The van der Waals surface area contributed by atoms with Crippen LogP contribution in [0.2, 0.25) is 0 Å². The number of rotatable bonds is 4. The highest BCUT2D eigenvalue weighted by Gasteiger charge is 2.42. The summed E-state index contributed by atoms with van der Waals surface area (Å²) in [5, 5.41) is 13.5. The Bertz CT molecular complexity index is 745. The van der Waals surface area contributed by atoms with Crippen molar-refractivity contribution >= 4 is 22.8 Å². The number of hydrogen-bond acceptors (Lipinski definition) is 5. The summed E-state index contributed by atoms with van der Waals surface area (Å²) in [5.41, 5.74) is 0.865. The third-order valence-electron chi connectivity index (χ3n) is 5.30. The predicted octanol–water partition coefficient (Wildman–Crippen LogP) is 1.30. The van der Waals surface area contributed by atoms with Gasteiger partial charge in [0.15, 0.2) is 0 Å². The molecule has 4 rings (SSSR count). The number of hydrogen-bond donors (Lipinski definition) is 3. The summed E-state index contributed by atoms with van der Waals surface area (Å²) in [6, 6.07) is 2.39. The van der Waals surface area contributed by atoms with Crippen molar-refractivity contribution in [3.63, 3.8) is 0 Å². The smallest absolute Gasteiger partial charge is 0.224 e. The minimum Gasteiger partial charge on any atom is -0.396 e. The standard InChI is InChI=1S/C17H23N5O2/c1-10-19-16-14(2-4-18-16)17(20-10)21-13-6-11-8-22(9-12(11)7-13)15(24)3-5-23/h2,4,11-13,23H,3,5-9H2,1H3,(H2,18,19,20,21)/t11-,12+,13-. The lowest BCUT2D eigenvalue weighted by Gasteiger charge is -2.20. The van der Waals surface area contributed by atoms with Crippen LogP contribution < -0.4 is 5.32 Å². The molecule has 3 atom stereocenters. The van der Waals surface area contributed by atoms with Crippen LogP contribution in [0.4, 0.5) is 5.82 Å². The van der Waals surface area contributed by atoms with E-state index < -0.39 is 0 Å². The number of likely N-dealkylation sites (tertiary alicyclic amines) is 1. The van der Waals surface area contributed by atoms with E-state index in [9.17, 15) is 4.79 Å². The molecule has 1 aliphatic carbocycles. The van der Waals surface area contributed by atoms with Gasteiger partial charge in [0, 0.05) is 31.7 Å². The van der Waals surface area contributed by atoms with Crippen LogP contribution in [0.3, 0.4) is 0 Å². The van der Waals surface area contributed by atoms with E-state index in [1.165, 1.54) is 0 Å². The lowest BCUT2D eigenvalue weighted by Crippen LogP contribution is -2.31. The second-order valence-electron chi connectivity index (χ2n) is 6.96. The molecule has 0 bridgehead atoms. The first-order valence-electron chi connectivity index (χ1n) is 8.61. The molecule has 3 heterocycles. The molecule has 0 aromatic carbocycles. The first-order valence-corrected chi connectivity index (χ1v) is 8.61. The molecule has 2 fully saturated rings.